The number of ether oxygens (including phenoxy) is 1. The molecule has 0 bridgehead atoms. The third-order valence-electron chi connectivity index (χ3n) is 2.85. The summed E-state index contributed by atoms with van der Waals surface area (Å²) < 4.78 is 5.13. The molecule has 0 heterocycles. The molecule has 0 saturated carbocycles. The van der Waals surface area contributed by atoms with Crippen molar-refractivity contribution in [1.82, 2.24) is 5.43 Å². The average molecular weight is 291 g/mol. The van der Waals surface area contributed by atoms with Gasteiger partial charge in [-0.25, -0.2) is 0 Å². The van der Waals surface area contributed by atoms with Gasteiger partial charge in [-0.3, -0.25) is 11.3 Å². The summed E-state index contributed by atoms with van der Waals surface area (Å²) in [6, 6.07) is 5.64. The van der Waals surface area contributed by atoms with Crippen molar-refractivity contribution >= 4 is 23.2 Å². The van der Waals surface area contributed by atoms with Gasteiger partial charge in [0.25, 0.3) is 0 Å². The molecule has 2 unspecified atom stereocenters. The number of hydrogen-bond acceptors (Lipinski definition) is 3. The fourth-order valence-corrected chi connectivity index (χ4v) is 2.40. The first-order chi connectivity index (χ1) is 8.56. The van der Waals surface area contributed by atoms with Gasteiger partial charge in [0.2, 0.25) is 0 Å². The van der Waals surface area contributed by atoms with Gasteiger partial charge in [-0.15, -0.1) is 0 Å². The SMILES string of the molecule is COCC(C)CC(Cc1cc(Cl)ccc1Cl)NN. The summed E-state index contributed by atoms with van der Waals surface area (Å²) in [6.07, 6.45) is 1.68. The molecule has 0 fully saturated rings. The van der Waals surface area contributed by atoms with Crippen molar-refractivity contribution in [1.29, 1.82) is 0 Å². The first-order valence-corrected chi connectivity index (χ1v) is 6.71. The van der Waals surface area contributed by atoms with E-state index in [9.17, 15) is 0 Å². The molecule has 0 aliphatic heterocycles. The second kappa shape index (κ2) is 7.97. The smallest absolute Gasteiger partial charge is 0.0488 e. The molecular weight excluding hydrogens is 271 g/mol. The Morgan fingerprint density at radius 3 is 2.72 bits per heavy atom. The minimum atomic E-state index is 0.158. The van der Waals surface area contributed by atoms with Crippen molar-refractivity contribution in [2.24, 2.45) is 11.8 Å². The normalized spacial score (nSPS) is 14.5. The highest BCUT2D eigenvalue weighted by Crippen LogP contribution is 2.23. The van der Waals surface area contributed by atoms with Crippen molar-refractivity contribution in [2.75, 3.05) is 13.7 Å². The molecule has 5 heteroatoms. The van der Waals surface area contributed by atoms with E-state index in [1.807, 2.05) is 12.1 Å². The summed E-state index contributed by atoms with van der Waals surface area (Å²) in [6.45, 7) is 2.86. The van der Waals surface area contributed by atoms with Gasteiger partial charge in [-0.2, -0.15) is 0 Å². The van der Waals surface area contributed by atoms with E-state index < -0.39 is 0 Å². The van der Waals surface area contributed by atoms with Crippen LogP contribution in [0, 0.1) is 5.92 Å². The summed E-state index contributed by atoms with van der Waals surface area (Å²) in [4.78, 5) is 0. The molecule has 18 heavy (non-hydrogen) atoms. The summed E-state index contributed by atoms with van der Waals surface area (Å²) in [5, 5.41) is 1.41. The molecule has 0 saturated heterocycles. The van der Waals surface area contributed by atoms with Gasteiger partial charge in [-0.05, 0) is 42.5 Å². The minimum Gasteiger partial charge on any atom is -0.384 e. The predicted molar refractivity (Wildman–Crippen MR) is 76.9 cm³/mol. The average Bonchev–Trinajstić information content (AvgIpc) is 2.33. The number of hydrazine groups is 1. The number of nitrogens with two attached hydrogens (primary N) is 1. The zero-order valence-corrected chi connectivity index (χ0v) is 12.3. The van der Waals surface area contributed by atoms with Crippen LogP contribution in [0.1, 0.15) is 18.9 Å². The maximum Gasteiger partial charge on any atom is 0.0488 e. The largest absolute Gasteiger partial charge is 0.384 e. The van der Waals surface area contributed by atoms with Crippen LogP contribution < -0.4 is 11.3 Å². The monoisotopic (exact) mass is 290 g/mol. The third kappa shape index (κ3) is 5.12. The molecule has 2 atom stereocenters. The number of hydrogen-bond donors (Lipinski definition) is 2. The lowest BCUT2D eigenvalue weighted by molar-refractivity contribution is 0.149. The van der Waals surface area contributed by atoms with E-state index in [1.165, 1.54) is 0 Å². The topological polar surface area (TPSA) is 47.3 Å². The van der Waals surface area contributed by atoms with Crippen LogP contribution in [0.2, 0.25) is 10.0 Å². The van der Waals surface area contributed by atoms with E-state index in [4.69, 9.17) is 33.8 Å². The Labute approximate surface area is 119 Å². The number of nitrogens with one attached hydrogen (secondary N) is 1. The molecule has 0 amide bonds. The highest BCUT2D eigenvalue weighted by atomic mass is 35.5. The van der Waals surface area contributed by atoms with E-state index in [1.54, 1.807) is 13.2 Å². The Hall–Kier alpha value is -0.320. The van der Waals surface area contributed by atoms with Crippen molar-refractivity contribution in [3.8, 4) is 0 Å². The Kier molecular flexibility index (Phi) is 6.97. The maximum atomic E-state index is 6.14. The van der Waals surface area contributed by atoms with Crippen molar-refractivity contribution in [2.45, 2.75) is 25.8 Å². The van der Waals surface area contributed by atoms with E-state index in [0.717, 1.165) is 30.0 Å². The lowest BCUT2D eigenvalue weighted by Gasteiger charge is -2.20. The van der Waals surface area contributed by atoms with E-state index >= 15 is 0 Å². The number of halogens is 2. The van der Waals surface area contributed by atoms with Crippen LogP contribution in [-0.4, -0.2) is 19.8 Å². The third-order valence-corrected chi connectivity index (χ3v) is 3.45. The molecule has 0 aliphatic carbocycles. The van der Waals surface area contributed by atoms with Crippen LogP contribution in [0.3, 0.4) is 0 Å². The minimum absolute atomic E-state index is 0.158. The van der Waals surface area contributed by atoms with Gasteiger partial charge in [0.05, 0.1) is 0 Å². The molecule has 0 aromatic heterocycles. The van der Waals surface area contributed by atoms with Crippen LogP contribution >= 0.6 is 23.2 Å². The maximum absolute atomic E-state index is 6.14. The Balaban J connectivity index is 2.64. The first kappa shape index (κ1) is 15.7. The van der Waals surface area contributed by atoms with E-state index in [-0.39, 0.29) is 6.04 Å². The molecule has 3 nitrogen and oxygen atoms in total. The molecule has 1 aromatic carbocycles. The summed E-state index contributed by atoms with van der Waals surface area (Å²) in [5.41, 5.74) is 3.84. The van der Waals surface area contributed by atoms with Crippen molar-refractivity contribution in [3.05, 3.63) is 33.8 Å². The van der Waals surface area contributed by atoms with Gasteiger partial charge < -0.3 is 4.74 Å². The zero-order chi connectivity index (χ0) is 13.5. The van der Waals surface area contributed by atoms with Gasteiger partial charge in [0.1, 0.15) is 0 Å². The van der Waals surface area contributed by atoms with Crippen molar-refractivity contribution in [3.63, 3.8) is 0 Å². The summed E-state index contributed by atoms with van der Waals surface area (Å²) in [5.74, 6) is 6.03. The lowest BCUT2D eigenvalue weighted by atomic mass is 9.97. The predicted octanol–water partition coefficient (Wildman–Crippen LogP) is 3.04. The second-order valence-electron chi connectivity index (χ2n) is 4.60. The Morgan fingerprint density at radius 1 is 1.39 bits per heavy atom. The standard InChI is InChI=1S/C13H20Cl2N2O/c1-9(8-18-2)5-12(17-16)7-10-6-11(14)3-4-13(10)15/h3-4,6,9,12,17H,5,7-8,16H2,1-2H3. The molecular formula is C13H20Cl2N2O. The quantitative estimate of drug-likeness (QED) is 0.599. The number of methoxy groups -OCH3 is 1. The van der Waals surface area contributed by atoms with Gasteiger partial charge in [0, 0.05) is 29.8 Å². The van der Waals surface area contributed by atoms with Gasteiger partial charge in [-0.1, -0.05) is 30.1 Å². The van der Waals surface area contributed by atoms with Crippen LogP contribution in [0.15, 0.2) is 18.2 Å². The molecule has 0 spiro atoms. The van der Waals surface area contributed by atoms with Gasteiger partial charge >= 0.3 is 0 Å². The number of rotatable bonds is 7. The second-order valence-corrected chi connectivity index (χ2v) is 5.44. The van der Waals surface area contributed by atoms with E-state index in [2.05, 4.69) is 12.3 Å². The van der Waals surface area contributed by atoms with Crippen LogP contribution in [0.25, 0.3) is 0 Å². The lowest BCUT2D eigenvalue weighted by Crippen LogP contribution is -2.38. The van der Waals surface area contributed by atoms with Crippen LogP contribution in [0.5, 0.6) is 0 Å². The molecule has 1 aromatic rings. The fourth-order valence-electron chi connectivity index (χ4n) is 2.01. The van der Waals surface area contributed by atoms with Crippen LogP contribution in [0.4, 0.5) is 0 Å². The summed E-state index contributed by atoms with van der Waals surface area (Å²) >= 11 is 12.1. The van der Waals surface area contributed by atoms with Gasteiger partial charge in [0.15, 0.2) is 0 Å². The zero-order valence-electron chi connectivity index (χ0n) is 10.7. The summed E-state index contributed by atoms with van der Waals surface area (Å²) in [7, 11) is 1.70. The van der Waals surface area contributed by atoms with Crippen LogP contribution in [-0.2, 0) is 11.2 Å². The number of benzene rings is 1. The highest BCUT2D eigenvalue weighted by molar-refractivity contribution is 6.33. The Bertz CT molecular complexity index is 374. The first-order valence-electron chi connectivity index (χ1n) is 5.95. The molecule has 102 valence electrons. The van der Waals surface area contributed by atoms with E-state index in [0.29, 0.717) is 10.9 Å². The molecule has 0 radical (unpaired) electrons. The van der Waals surface area contributed by atoms with Crippen molar-refractivity contribution < 1.29 is 4.74 Å². The highest BCUT2D eigenvalue weighted by Gasteiger charge is 2.14. The fraction of sp³-hybridized carbons (Fsp3) is 0.538. The molecule has 3 N–H and O–H groups in total. The Morgan fingerprint density at radius 2 is 2.11 bits per heavy atom. The molecule has 1 rings (SSSR count). The molecule has 0 aliphatic rings.